The minimum absolute atomic E-state index is 0.159. The summed E-state index contributed by atoms with van der Waals surface area (Å²) in [4.78, 5) is 0. The third-order valence-electron chi connectivity index (χ3n) is 4.15. The van der Waals surface area contributed by atoms with Gasteiger partial charge in [-0.15, -0.1) is 13.2 Å². The van der Waals surface area contributed by atoms with Crippen molar-refractivity contribution in [2.45, 2.75) is 12.8 Å². The fraction of sp³-hybridized carbons (Fsp3) is 0.167. The van der Waals surface area contributed by atoms with Crippen LogP contribution in [-0.4, -0.2) is 22.7 Å². The van der Waals surface area contributed by atoms with E-state index >= 15 is 0 Å². The number of nitrogens with one attached hydrogen (secondary N) is 1. The standard InChI is InChI=1S/C18H12F5N3O/c19-10-1-6-13(15(20)9-10)16-14-7-8-24-17(14)26(25-16)11-2-4-12(5-3-11)27-18(21,22)23/h1-6,9,24H,7-8H2. The van der Waals surface area contributed by atoms with Gasteiger partial charge in [-0.05, 0) is 42.8 Å². The Kier molecular flexibility index (Phi) is 4.01. The number of nitrogens with zero attached hydrogens (tertiary/aromatic N) is 2. The SMILES string of the molecule is Fc1ccc(-c2nn(-c3ccc(OC(F)(F)F)cc3)c3c2CCN3)c(F)c1. The highest BCUT2D eigenvalue weighted by molar-refractivity contribution is 5.73. The van der Waals surface area contributed by atoms with Crippen molar-refractivity contribution >= 4 is 5.82 Å². The predicted molar refractivity (Wildman–Crippen MR) is 87.8 cm³/mol. The minimum Gasteiger partial charge on any atom is -0.406 e. The zero-order valence-corrected chi connectivity index (χ0v) is 13.6. The second kappa shape index (κ2) is 6.26. The van der Waals surface area contributed by atoms with Gasteiger partial charge in [0.15, 0.2) is 0 Å². The summed E-state index contributed by atoms with van der Waals surface area (Å²) in [6, 6.07) is 8.42. The van der Waals surface area contributed by atoms with Crippen LogP contribution in [0.3, 0.4) is 0 Å². The molecule has 1 aliphatic rings. The molecule has 0 fully saturated rings. The van der Waals surface area contributed by atoms with Gasteiger partial charge in [-0.3, -0.25) is 0 Å². The third kappa shape index (κ3) is 3.32. The Morgan fingerprint density at radius 3 is 2.44 bits per heavy atom. The van der Waals surface area contributed by atoms with E-state index in [9.17, 15) is 22.0 Å². The van der Waals surface area contributed by atoms with E-state index in [1.165, 1.54) is 35.0 Å². The van der Waals surface area contributed by atoms with Gasteiger partial charge in [0.2, 0.25) is 0 Å². The molecule has 1 aromatic heterocycles. The Labute approximate surface area is 150 Å². The summed E-state index contributed by atoms with van der Waals surface area (Å²) in [6.07, 6.45) is -4.18. The van der Waals surface area contributed by atoms with E-state index < -0.39 is 18.0 Å². The topological polar surface area (TPSA) is 39.1 Å². The summed E-state index contributed by atoms with van der Waals surface area (Å²) in [6.45, 7) is 0.609. The van der Waals surface area contributed by atoms with Crippen molar-refractivity contribution in [3.63, 3.8) is 0 Å². The number of hydrogen-bond donors (Lipinski definition) is 1. The van der Waals surface area contributed by atoms with Crippen molar-refractivity contribution in [2.75, 3.05) is 11.9 Å². The molecule has 3 aromatic rings. The molecule has 4 nitrogen and oxygen atoms in total. The lowest BCUT2D eigenvalue weighted by Crippen LogP contribution is -2.17. The first-order chi connectivity index (χ1) is 12.8. The molecule has 9 heteroatoms. The molecule has 0 radical (unpaired) electrons. The molecule has 0 spiro atoms. The smallest absolute Gasteiger partial charge is 0.406 e. The van der Waals surface area contributed by atoms with Gasteiger partial charge in [-0.25, -0.2) is 13.5 Å². The Morgan fingerprint density at radius 1 is 1.04 bits per heavy atom. The van der Waals surface area contributed by atoms with Crippen LogP contribution in [0.2, 0.25) is 0 Å². The molecule has 140 valence electrons. The summed E-state index contributed by atoms with van der Waals surface area (Å²) >= 11 is 0. The van der Waals surface area contributed by atoms with E-state index in [0.29, 0.717) is 30.2 Å². The van der Waals surface area contributed by atoms with Gasteiger partial charge < -0.3 is 10.1 Å². The normalized spacial score (nSPS) is 13.4. The number of aromatic nitrogens is 2. The first-order valence-corrected chi connectivity index (χ1v) is 7.99. The number of halogens is 5. The molecule has 0 saturated carbocycles. The fourth-order valence-electron chi connectivity index (χ4n) is 3.05. The van der Waals surface area contributed by atoms with Gasteiger partial charge in [0, 0.05) is 23.7 Å². The van der Waals surface area contributed by atoms with Crippen LogP contribution in [-0.2, 0) is 6.42 Å². The van der Waals surface area contributed by atoms with Gasteiger partial charge in [0.25, 0.3) is 0 Å². The van der Waals surface area contributed by atoms with Gasteiger partial charge in [-0.2, -0.15) is 5.10 Å². The summed E-state index contributed by atoms with van der Waals surface area (Å²) in [5, 5.41) is 7.53. The average molecular weight is 381 g/mol. The zero-order chi connectivity index (χ0) is 19.2. The van der Waals surface area contributed by atoms with Crippen molar-refractivity contribution < 1.29 is 26.7 Å². The lowest BCUT2D eigenvalue weighted by Gasteiger charge is -2.10. The van der Waals surface area contributed by atoms with Gasteiger partial charge in [-0.1, -0.05) is 0 Å². The third-order valence-corrected chi connectivity index (χ3v) is 4.15. The molecule has 1 aliphatic heterocycles. The molecule has 0 atom stereocenters. The van der Waals surface area contributed by atoms with Crippen molar-refractivity contribution in [1.29, 1.82) is 0 Å². The van der Waals surface area contributed by atoms with Crippen LogP contribution in [0.1, 0.15) is 5.56 Å². The van der Waals surface area contributed by atoms with Gasteiger partial charge in [0.05, 0.1) is 5.69 Å². The molecule has 0 unspecified atom stereocenters. The van der Waals surface area contributed by atoms with Crippen LogP contribution in [0.5, 0.6) is 5.75 Å². The summed E-state index contributed by atoms with van der Waals surface area (Å²) in [7, 11) is 0. The van der Waals surface area contributed by atoms with Crippen molar-refractivity contribution in [3.05, 3.63) is 59.7 Å². The second-order valence-electron chi connectivity index (χ2n) is 5.93. The monoisotopic (exact) mass is 381 g/mol. The number of alkyl halides is 3. The van der Waals surface area contributed by atoms with Crippen molar-refractivity contribution in [3.8, 4) is 22.7 Å². The number of anilines is 1. The summed E-state index contributed by atoms with van der Waals surface area (Å²) in [5.41, 5.74) is 1.76. The number of benzene rings is 2. The average Bonchev–Trinajstić information content (AvgIpc) is 3.17. The number of hydrogen-bond acceptors (Lipinski definition) is 3. The molecule has 0 saturated heterocycles. The van der Waals surface area contributed by atoms with E-state index in [-0.39, 0.29) is 11.3 Å². The lowest BCUT2D eigenvalue weighted by molar-refractivity contribution is -0.274. The Bertz CT molecular complexity index is 995. The largest absolute Gasteiger partial charge is 0.573 e. The van der Waals surface area contributed by atoms with Crippen LogP contribution in [0.25, 0.3) is 16.9 Å². The highest BCUT2D eigenvalue weighted by Crippen LogP contribution is 2.36. The van der Waals surface area contributed by atoms with Crippen LogP contribution in [0, 0.1) is 11.6 Å². The first-order valence-electron chi connectivity index (χ1n) is 7.99. The Morgan fingerprint density at radius 2 is 1.78 bits per heavy atom. The second-order valence-corrected chi connectivity index (χ2v) is 5.93. The van der Waals surface area contributed by atoms with Gasteiger partial charge in [0.1, 0.15) is 28.9 Å². The predicted octanol–water partition coefficient (Wildman–Crippen LogP) is 4.68. The molecular formula is C18H12F5N3O. The number of rotatable bonds is 3. The van der Waals surface area contributed by atoms with Crippen LogP contribution in [0.15, 0.2) is 42.5 Å². The van der Waals surface area contributed by atoms with E-state index in [1.54, 1.807) is 0 Å². The maximum atomic E-state index is 14.2. The van der Waals surface area contributed by atoms with E-state index in [2.05, 4.69) is 15.2 Å². The van der Waals surface area contributed by atoms with Crippen LogP contribution >= 0.6 is 0 Å². The van der Waals surface area contributed by atoms with Gasteiger partial charge >= 0.3 is 6.36 Å². The first kappa shape index (κ1) is 17.3. The quantitative estimate of drug-likeness (QED) is 0.670. The van der Waals surface area contributed by atoms with E-state index in [1.807, 2.05) is 0 Å². The maximum absolute atomic E-state index is 14.2. The molecule has 27 heavy (non-hydrogen) atoms. The number of ether oxygens (including phenoxy) is 1. The molecule has 0 amide bonds. The fourth-order valence-corrected chi connectivity index (χ4v) is 3.05. The van der Waals surface area contributed by atoms with Crippen molar-refractivity contribution in [1.82, 2.24) is 9.78 Å². The molecule has 2 heterocycles. The molecule has 4 rings (SSSR count). The molecule has 2 aromatic carbocycles. The highest BCUT2D eigenvalue weighted by Gasteiger charge is 2.31. The molecular weight excluding hydrogens is 369 g/mol. The van der Waals surface area contributed by atoms with Crippen molar-refractivity contribution in [2.24, 2.45) is 0 Å². The number of fused-ring (bicyclic) bond motifs is 1. The maximum Gasteiger partial charge on any atom is 0.573 e. The van der Waals surface area contributed by atoms with E-state index in [0.717, 1.165) is 17.7 Å². The van der Waals surface area contributed by atoms with E-state index in [4.69, 9.17) is 0 Å². The molecule has 1 N–H and O–H groups in total. The summed E-state index contributed by atoms with van der Waals surface area (Å²) < 4.78 is 69.6. The minimum atomic E-state index is -4.77. The van der Waals surface area contributed by atoms with Crippen LogP contribution in [0.4, 0.5) is 27.8 Å². The Hall–Kier alpha value is -3.10. The van der Waals surface area contributed by atoms with Crippen LogP contribution < -0.4 is 10.1 Å². The summed E-state index contributed by atoms with van der Waals surface area (Å²) in [5.74, 6) is -1.15. The molecule has 0 aliphatic carbocycles. The lowest BCUT2D eigenvalue weighted by atomic mass is 10.1. The highest BCUT2D eigenvalue weighted by atomic mass is 19.4. The molecule has 0 bridgehead atoms. The zero-order valence-electron chi connectivity index (χ0n) is 13.6. The Balaban J connectivity index is 1.75.